The van der Waals surface area contributed by atoms with Crippen molar-refractivity contribution in [2.24, 2.45) is 0 Å². The molecule has 25 heavy (non-hydrogen) atoms. The number of nitrogens with one attached hydrogen (secondary N) is 2. The number of amides is 1. The topological polar surface area (TPSA) is 66.9 Å². The lowest BCUT2D eigenvalue weighted by Crippen LogP contribution is -2.14. The summed E-state index contributed by atoms with van der Waals surface area (Å²) >= 11 is 11.9. The van der Waals surface area contributed by atoms with Crippen molar-refractivity contribution in [3.05, 3.63) is 76.4 Å². The van der Waals surface area contributed by atoms with Gasteiger partial charge in [-0.3, -0.25) is 4.79 Å². The van der Waals surface area contributed by atoms with Gasteiger partial charge in [0.2, 0.25) is 0 Å². The van der Waals surface area contributed by atoms with Crippen LogP contribution in [0.5, 0.6) is 0 Å². The van der Waals surface area contributed by atoms with Gasteiger partial charge in [0.05, 0.1) is 28.8 Å². The van der Waals surface area contributed by atoms with E-state index in [0.717, 1.165) is 0 Å². The molecule has 126 valence electrons. The maximum absolute atomic E-state index is 13.6. The summed E-state index contributed by atoms with van der Waals surface area (Å²) in [5.74, 6) is -0.599. The number of aromatic nitrogens is 2. The van der Waals surface area contributed by atoms with E-state index in [2.05, 4.69) is 20.6 Å². The average Bonchev–Trinajstić information content (AvgIpc) is 2.61. The first-order chi connectivity index (χ1) is 12.0. The quantitative estimate of drug-likeness (QED) is 0.678. The molecule has 2 aromatic carbocycles. The Hall–Kier alpha value is -2.70. The van der Waals surface area contributed by atoms with Gasteiger partial charge < -0.3 is 10.6 Å². The Morgan fingerprint density at radius 1 is 1.00 bits per heavy atom. The fourth-order valence-corrected chi connectivity index (χ4v) is 2.33. The van der Waals surface area contributed by atoms with Crippen molar-refractivity contribution in [1.82, 2.24) is 9.97 Å². The number of benzene rings is 2. The summed E-state index contributed by atoms with van der Waals surface area (Å²) in [5, 5.41) is 6.18. The molecule has 0 fully saturated rings. The minimum Gasteiger partial charge on any atom is -0.337 e. The van der Waals surface area contributed by atoms with Gasteiger partial charge in [0, 0.05) is 5.02 Å². The van der Waals surface area contributed by atoms with Crippen LogP contribution in [-0.2, 0) is 0 Å². The molecule has 0 atom stereocenters. The number of halogens is 3. The highest BCUT2D eigenvalue weighted by Crippen LogP contribution is 2.25. The zero-order valence-electron chi connectivity index (χ0n) is 12.6. The molecular weight excluding hydrogens is 366 g/mol. The number of carbonyl (C=O) groups excluding carboxylic acids is 1. The van der Waals surface area contributed by atoms with E-state index in [-0.39, 0.29) is 11.4 Å². The number of anilines is 3. The van der Waals surface area contributed by atoms with E-state index in [1.54, 1.807) is 30.3 Å². The van der Waals surface area contributed by atoms with Crippen LogP contribution in [0.25, 0.3) is 0 Å². The molecule has 0 radical (unpaired) electrons. The highest BCUT2D eigenvalue weighted by atomic mass is 35.5. The lowest BCUT2D eigenvalue weighted by Gasteiger charge is -2.08. The summed E-state index contributed by atoms with van der Waals surface area (Å²) in [6.45, 7) is 0. The monoisotopic (exact) mass is 376 g/mol. The molecule has 0 bridgehead atoms. The molecule has 2 N–H and O–H groups in total. The molecule has 3 rings (SSSR count). The van der Waals surface area contributed by atoms with Crippen LogP contribution in [0.2, 0.25) is 10.0 Å². The Kier molecular flexibility index (Phi) is 5.11. The molecule has 1 heterocycles. The number of para-hydroxylation sites is 1. The second-order valence-electron chi connectivity index (χ2n) is 4.97. The first-order valence-corrected chi connectivity index (χ1v) is 7.88. The largest absolute Gasteiger partial charge is 0.337 e. The number of carbonyl (C=O) groups is 1. The Labute approximate surface area is 152 Å². The fourth-order valence-electron chi connectivity index (χ4n) is 1.99. The van der Waals surface area contributed by atoms with E-state index in [1.165, 1.54) is 24.5 Å². The maximum Gasteiger partial charge on any atom is 0.275 e. The van der Waals surface area contributed by atoms with Crippen LogP contribution in [0, 0.1) is 5.82 Å². The molecule has 0 unspecified atom stereocenters. The Morgan fingerprint density at radius 3 is 2.52 bits per heavy atom. The Balaban J connectivity index is 1.72. The zero-order chi connectivity index (χ0) is 17.8. The summed E-state index contributed by atoms with van der Waals surface area (Å²) in [6.07, 6.45) is 2.61. The third-order valence-electron chi connectivity index (χ3n) is 3.20. The van der Waals surface area contributed by atoms with Crippen LogP contribution in [0.3, 0.4) is 0 Å². The van der Waals surface area contributed by atoms with Crippen LogP contribution in [0.4, 0.5) is 21.6 Å². The minimum absolute atomic E-state index is 0.0788. The Bertz CT molecular complexity index is 919. The van der Waals surface area contributed by atoms with Crippen molar-refractivity contribution in [3.8, 4) is 0 Å². The molecule has 5 nitrogen and oxygen atoms in total. The standard InChI is InChI=1S/C17H11Cl2FN4O/c18-10-5-6-11(19)14(7-10)24-17(25)15-8-22-16(9-21-15)23-13-4-2-1-3-12(13)20/h1-9H,(H,22,23)(H,24,25). The van der Waals surface area contributed by atoms with Gasteiger partial charge in [-0.05, 0) is 30.3 Å². The van der Waals surface area contributed by atoms with Crippen molar-refractivity contribution < 1.29 is 9.18 Å². The van der Waals surface area contributed by atoms with Gasteiger partial charge in [0.15, 0.2) is 0 Å². The van der Waals surface area contributed by atoms with Crippen LogP contribution in [-0.4, -0.2) is 15.9 Å². The van der Waals surface area contributed by atoms with Crippen molar-refractivity contribution in [1.29, 1.82) is 0 Å². The van der Waals surface area contributed by atoms with Crippen molar-refractivity contribution in [2.45, 2.75) is 0 Å². The van der Waals surface area contributed by atoms with Gasteiger partial charge in [-0.25, -0.2) is 14.4 Å². The molecule has 1 aromatic heterocycles. The summed E-state index contributed by atoms with van der Waals surface area (Å²) in [6, 6.07) is 10.9. The van der Waals surface area contributed by atoms with Crippen LogP contribution >= 0.6 is 23.2 Å². The zero-order valence-corrected chi connectivity index (χ0v) is 14.1. The predicted octanol–water partition coefficient (Wildman–Crippen LogP) is 4.92. The molecule has 0 aliphatic rings. The van der Waals surface area contributed by atoms with E-state index >= 15 is 0 Å². The number of hydrogen-bond acceptors (Lipinski definition) is 4. The van der Waals surface area contributed by atoms with Gasteiger partial charge in [0.25, 0.3) is 5.91 Å². The molecule has 1 amide bonds. The predicted molar refractivity (Wildman–Crippen MR) is 96.1 cm³/mol. The summed E-state index contributed by atoms with van der Waals surface area (Å²) < 4.78 is 13.6. The SMILES string of the molecule is O=C(Nc1cc(Cl)ccc1Cl)c1cnc(Nc2ccccc2F)cn1. The number of nitrogens with zero attached hydrogens (tertiary/aromatic N) is 2. The van der Waals surface area contributed by atoms with E-state index in [9.17, 15) is 9.18 Å². The highest BCUT2D eigenvalue weighted by Gasteiger charge is 2.11. The van der Waals surface area contributed by atoms with Crippen molar-refractivity contribution >= 4 is 46.3 Å². The van der Waals surface area contributed by atoms with Gasteiger partial charge in [-0.1, -0.05) is 35.3 Å². The molecule has 0 aliphatic heterocycles. The molecule has 0 saturated carbocycles. The average molecular weight is 377 g/mol. The first kappa shape index (κ1) is 17.1. The van der Waals surface area contributed by atoms with E-state index in [0.29, 0.717) is 21.6 Å². The minimum atomic E-state index is -0.492. The molecule has 3 aromatic rings. The first-order valence-electron chi connectivity index (χ1n) is 7.13. The third-order valence-corrected chi connectivity index (χ3v) is 3.76. The highest BCUT2D eigenvalue weighted by molar-refractivity contribution is 6.35. The van der Waals surface area contributed by atoms with Crippen molar-refractivity contribution in [3.63, 3.8) is 0 Å². The lowest BCUT2D eigenvalue weighted by atomic mass is 10.3. The number of rotatable bonds is 4. The maximum atomic E-state index is 13.6. The van der Waals surface area contributed by atoms with Gasteiger partial charge in [-0.2, -0.15) is 0 Å². The molecule has 0 aliphatic carbocycles. The van der Waals surface area contributed by atoms with Crippen LogP contribution in [0.1, 0.15) is 10.5 Å². The fraction of sp³-hybridized carbons (Fsp3) is 0. The summed E-state index contributed by atoms with van der Waals surface area (Å²) in [7, 11) is 0. The Morgan fingerprint density at radius 2 is 1.80 bits per heavy atom. The van der Waals surface area contributed by atoms with Crippen LogP contribution < -0.4 is 10.6 Å². The summed E-state index contributed by atoms with van der Waals surface area (Å²) in [5.41, 5.74) is 0.712. The van der Waals surface area contributed by atoms with E-state index in [4.69, 9.17) is 23.2 Å². The second-order valence-corrected chi connectivity index (χ2v) is 5.81. The third kappa shape index (κ3) is 4.23. The van der Waals surface area contributed by atoms with Crippen molar-refractivity contribution in [2.75, 3.05) is 10.6 Å². The van der Waals surface area contributed by atoms with Gasteiger partial charge in [-0.15, -0.1) is 0 Å². The molecule has 8 heteroatoms. The smallest absolute Gasteiger partial charge is 0.275 e. The summed E-state index contributed by atoms with van der Waals surface area (Å²) in [4.78, 5) is 20.3. The lowest BCUT2D eigenvalue weighted by molar-refractivity contribution is 0.102. The van der Waals surface area contributed by atoms with Crippen LogP contribution in [0.15, 0.2) is 54.9 Å². The van der Waals surface area contributed by atoms with Gasteiger partial charge >= 0.3 is 0 Å². The molecular formula is C17H11Cl2FN4O. The van der Waals surface area contributed by atoms with E-state index < -0.39 is 11.7 Å². The molecule has 0 spiro atoms. The van der Waals surface area contributed by atoms with E-state index in [1.807, 2.05) is 0 Å². The number of hydrogen-bond donors (Lipinski definition) is 2. The molecule has 0 saturated heterocycles. The second kappa shape index (κ2) is 7.46. The van der Waals surface area contributed by atoms with Gasteiger partial charge in [0.1, 0.15) is 17.3 Å². The normalized spacial score (nSPS) is 10.4.